The topological polar surface area (TPSA) is 37.6 Å². The Morgan fingerprint density at radius 1 is 0.781 bits per heavy atom. The van der Waals surface area contributed by atoms with Crippen molar-refractivity contribution >= 4 is 17.1 Å². The van der Waals surface area contributed by atoms with E-state index in [2.05, 4.69) is 84.9 Å². The van der Waals surface area contributed by atoms with Crippen LogP contribution in [-0.4, -0.2) is 22.4 Å². The molecule has 3 rings (SSSR count). The maximum atomic E-state index is 5.12. The van der Waals surface area contributed by atoms with Crippen molar-refractivity contribution in [3.05, 3.63) is 58.9 Å². The summed E-state index contributed by atoms with van der Waals surface area (Å²) in [6, 6.07) is 13.1. The van der Waals surface area contributed by atoms with Gasteiger partial charge in [-0.05, 0) is 74.6 Å². The number of aromatic nitrogens is 1. The fourth-order valence-electron chi connectivity index (χ4n) is 4.80. The van der Waals surface area contributed by atoms with E-state index in [9.17, 15) is 0 Å². The molecule has 1 aromatic heterocycles. The second kappa shape index (κ2) is 11.0. The van der Waals surface area contributed by atoms with Crippen molar-refractivity contribution < 1.29 is 0 Å². The van der Waals surface area contributed by atoms with E-state index in [-0.39, 0.29) is 0 Å². The predicted octanol–water partition coefficient (Wildman–Crippen LogP) is 8.25. The smallest absolute Gasteiger partial charge is 0.0849 e. The first kappa shape index (κ1) is 24.4. The summed E-state index contributed by atoms with van der Waals surface area (Å²) in [5.41, 5.74) is 7.57. The number of pyridine rings is 1. The van der Waals surface area contributed by atoms with Crippen molar-refractivity contribution in [3.8, 4) is 0 Å². The van der Waals surface area contributed by atoms with Gasteiger partial charge in [-0.2, -0.15) is 0 Å². The molecule has 172 valence electrons. The van der Waals surface area contributed by atoms with E-state index in [4.69, 9.17) is 15.0 Å². The Kier molecular flexibility index (Phi) is 8.39. The molecule has 1 aromatic carbocycles. The van der Waals surface area contributed by atoms with Gasteiger partial charge in [0.25, 0.3) is 0 Å². The molecule has 0 unspecified atom stereocenters. The Labute approximate surface area is 195 Å². The number of aliphatic imine (C=N–C) groups is 2. The third kappa shape index (κ3) is 5.94. The first-order chi connectivity index (χ1) is 15.3. The van der Waals surface area contributed by atoms with Gasteiger partial charge in [0.1, 0.15) is 0 Å². The van der Waals surface area contributed by atoms with E-state index in [0.717, 1.165) is 28.5 Å². The minimum absolute atomic E-state index is 0.363. The van der Waals surface area contributed by atoms with Crippen LogP contribution in [0, 0.1) is 5.92 Å². The zero-order chi connectivity index (χ0) is 23.3. The van der Waals surface area contributed by atoms with Crippen LogP contribution in [-0.2, 0) is 0 Å². The number of nitrogens with zero attached hydrogens (tertiary/aromatic N) is 3. The Bertz CT molecular complexity index is 936. The fraction of sp³-hybridized carbons (Fsp3) is 0.552. The minimum Gasteiger partial charge on any atom is -0.284 e. The number of benzene rings is 1. The van der Waals surface area contributed by atoms with Gasteiger partial charge in [-0.15, -0.1) is 0 Å². The lowest BCUT2D eigenvalue weighted by Gasteiger charge is -2.25. The highest BCUT2D eigenvalue weighted by molar-refractivity contribution is 6.01. The maximum Gasteiger partial charge on any atom is 0.0849 e. The SMILES string of the molecule is CC(=Nc1c(C(C)C)cccc1C(C)C)c1cccc(C(C)=N[C@@H](C)C2CCCCC2)n1. The molecule has 1 heterocycles. The number of para-hydroxylation sites is 1. The van der Waals surface area contributed by atoms with Gasteiger partial charge in [-0.3, -0.25) is 9.98 Å². The van der Waals surface area contributed by atoms with Crippen molar-refractivity contribution in [3.63, 3.8) is 0 Å². The number of rotatable bonds is 7. The third-order valence-electron chi connectivity index (χ3n) is 6.84. The van der Waals surface area contributed by atoms with Crippen LogP contribution in [0.3, 0.4) is 0 Å². The molecular weight excluding hydrogens is 390 g/mol. The lowest BCUT2D eigenvalue weighted by Crippen LogP contribution is -2.20. The van der Waals surface area contributed by atoms with Crippen LogP contribution in [0.5, 0.6) is 0 Å². The second-order valence-electron chi connectivity index (χ2n) is 10.1. The maximum absolute atomic E-state index is 5.12. The Morgan fingerprint density at radius 2 is 1.31 bits per heavy atom. The Balaban J connectivity index is 1.91. The molecule has 0 amide bonds. The fourth-order valence-corrected chi connectivity index (χ4v) is 4.80. The molecule has 1 aliphatic carbocycles. The summed E-state index contributed by atoms with van der Waals surface area (Å²) >= 11 is 0. The van der Waals surface area contributed by atoms with E-state index in [1.165, 1.54) is 43.2 Å². The molecule has 1 fully saturated rings. The van der Waals surface area contributed by atoms with E-state index in [1.54, 1.807) is 0 Å². The molecule has 1 atom stereocenters. The highest BCUT2D eigenvalue weighted by Gasteiger charge is 2.20. The molecule has 2 aromatic rings. The summed E-state index contributed by atoms with van der Waals surface area (Å²) in [5, 5.41) is 0. The van der Waals surface area contributed by atoms with Gasteiger partial charge < -0.3 is 0 Å². The normalized spacial score (nSPS) is 17.3. The quantitative estimate of drug-likeness (QED) is 0.407. The summed E-state index contributed by atoms with van der Waals surface area (Å²) in [7, 11) is 0. The molecule has 3 nitrogen and oxygen atoms in total. The Morgan fingerprint density at radius 3 is 1.88 bits per heavy atom. The lowest BCUT2D eigenvalue weighted by atomic mass is 9.85. The van der Waals surface area contributed by atoms with Gasteiger partial charge in [0.15, 0.2) is 0 Å². The monoisotopic (exact) mass is 431 g/mol. The van der Waals surface area contributed by atoms with Gasteiger partial charge in [0.05, 0.1) is 34.5 Å². The third-order valence-corrected chi connectivity index (χ3v) is 6.84. The number of hydrogen-bond acceptors (Lipinski definition) is 3. The largest absolute Gasteiger partial charge is 0.284 e. The van der Waals surface area contributed by atoms with Crippen molar-refractivity contribution in [2.24, 2.45) is 15.9 Å². The molecule has 0 saturated heterocycles. The van der Waals surface area contributed by atoms with Gasteiger partial charge in [-0.25, -0.2) is 4.98 Å². The molecule has 0 bridgehead atoms. The lowest BCUT2D eigenvalue weighted by molar-refractivity contribution is 0.318. The van der Waals surface area contributed by atoms with Gasteiger partial charge in [-0.1, -0.05) is 71.2 Å². The van der Waals surface area contributed by atoms with Crippen LogP contribution in [0.1, 0.15) is 115 Å². The molecule has 0 spiro atoms. The van der Waals surface area contributed by atoms with E-state index in [0.29, 0.717) is 23.8 Å². The zero-order valence-corrected chi connectivity index (χ0v) is 21.2. The van der Waals surface area contributed by atoms with Gasteiger partial charge in [0.2, 0.25) is 0 Å². The van der Waals surface area contributed by atoms with Crippen LogP contribution < -0.4 is 0 Å². The van der Waals surface area contributed by atoms with E-state index < -0.39 is 0 Å². The van der Waals surface area contributed by atoms with Crippen LogP contribution >= 0.6 is 0 Å². The molecule has 1 saturated carbocycles. The van der Waals surface area contributed by atoms with Crippen LogP contribution in [0.4, 0.5) is 5.69 Å². The molecule has 32 heavy (non-hydrogen) atoms. The van der Waals surface area contributed by atoms with Gasteiger partial charge in [0, 0.05) is 0 Å². The van der Waals surface area contributed by atoms with E-state index >= 15 is 0 Å². The van der Waals surface area contributed by atoms with Crippen molar-refractivity contribution in [1.82, 2.24) is 4.98 Å². The van der Waals surface area contributed by atoms with Crippen LogP contribution in [0.2, 0.25) is 0 Å². The summed E-state index contributed by atoms with van der Waals surface area (Å²) in [6.45, 7) is 15.4. The average molecular weight is 432 g/mol. The standard InChI is InChI=1S/C29H41N3/c1-19(2)25-15-11-16-26(20(3)4)29(25)31-23(7)28-18-12-17-27(32-28)22(6)30-21(5)24-13-9-8-10-14-24/h11-12,15-21,24H,8-10,13-14H2,1-7H3/t21-/m0/s1. The molecule has 3 heteroatoms. The Hall–Kier alpha value is -2.29. The first-order valence-corrected chi connectivity index (χ1v) is 12.5. The van der Waals surface area contributed by atoms with Crippen LogP contribution in [0.25, 0.3) is 0 Å². The highest BCUT2D eigenvalue weighted by atomic mass is 14.9. The summed E-state index contributed by atoms with van der Waals surface area (Å²) in [4.78, 5) is 15.1. The first-order valence-electron chi connectivity index (χ1n) is 12.5. The second-order valence-corrected chi connectivity index (χ2v) is 10.1. The molecule has 0 N–H and O–H groups in total. The molecular formula is C29H41N3. The molecule has 1 aliphatic rings. The summed E-state index contributed by atoms with van der Waals surface area (Å²) in [5.74, 6) is 1.57. The molecule has 0 radical (unpaired) electrons. The highest BCUT2D eigenvalue weighted by Crippen LogP contribution is 2.35. The number of hydrogen-bond donors (Lipinski definition) is 0. The van der Waals surface area contributed by atoms with E-state index in [1.807, 2.05) is 0 Å². The minimum atomic E-state index is 0.363. The van der Waals surface area contributed by atoms with Crippen molar-refractivity contribution in [1.29, 1.82) is 0 Å². The van der Waals surface area contributed by atoms with Crippen molar-refractivity contribution in [2.75, 3.05) is 0 Å². The van der Waals surface area contributed by atoms with Gasteiger partial charge >= 0.3 is 0 Å². The predicted molar refractivity (Wildman–Crippen MR) is 139 cm³/mol. The summed E-state index contributed by atoms with van der Waals surface area (Å²) in [6.07, 6.45) is 6.70. The summed E-state index contributed by atoms with van der Waals surface area (Å²) < 4.78 is 0. The molecule has 0 aliphatic heterocycles. The van der Waals surface area contributed by atoms with Crippen LogP contribution in [0.15, 0.2) is 46.4 Å². The van der Waals surface area contributed by atoms with Crippen molar-refractivity contribution in [2.45, 2.75) is 98.4 Å². The zero-order valence-electron chi connectivity index (χ0n) is 21.2. The average Bonchev–Trinajstić information content (AvgIpc) is 2.79.